The van der Waals surface area contributed by atoms with E-state index in [0.717, 1.165) is 23.3 Å². The number of benzene rings is 1. The van der Waals surface area contributed by atoms with Gasteiger partial charge in [-0.05, 0) is 37.7 Å². The van der Waals surface area contributed by atoms with Crippen molar-refractivity contribution in [3.05, 3.63) is 47.2 Å². The number of amides is 3. The van der Waals surface area contributed by atoms with Crippen LogP contribution in [0.2, 0.25) is 20.1 Å². The highest BCUT2D eigenvalue weighted by Gasteiger charge is 2.42. The number of nitrogens with one attached hydrogen (secondary N) is 1. The van der Waals surface area contributed by atoms with E-state index in [0.29, 0.717) is 27.8 Å². The van der Waals surface area contributed by atoms with E-state index >= 15 is 0 Å². The first-order valence-corrected chi connectivity index (χ1v) is 13.8. The molecule has 0 saturated carbocycles. The maximum Gasteiger partial charge on any atom is 0.341 e. The molecule has 0 radical (unpaired) electrons. The molecule has 0 unspecified atom stereocenters. The first kappa shape index (κ1) is 28.6. The van der Waals surface area contributed by atoms with Crippen LogP contribution in [0.25, 0.3) is 0 Å². The number of carbonyl (C=O) groups excluding carboxylic acids is 5. The summed E-state index contributed by atoms with van der Waals surface area (Å²) < 4.78 is 10.2. The van der Waals surface area contributed by atoms with Gasteiger partial charge in [-0.15, -0.1) is 11.3 Å². The SMILES string of the molecule is CCOC(=O)c1c(NC(=O)COC(=O)CN2C(=O)c3c(Cl)c(Cl)c(Cl)c(Cl)c3C2=O)sc2c1CC[C@@H](C)C2. The Kier molecular flexibility index (Phi) is 8.59. The van der Waals surface area contributed by atoms with Crippen molar-refractivity contribution in [2.45, 2.75) is 33.1 Å². The molecule has 1 aromatic carbocycles. The molecule has 38 heavy (non-hydrogen) atoms. The van der Waals surface area contributed by atoms with Gasteiger partial charge in [0.1, 0.15) is 11.5 Å². The Labute approximate surface area is 241 Å². The highest BCUT2D eigenvalue weighted by atomic mass is 35.5. The molecule has 14 heteroatoms. The number of hydrogen-bond donors (Lipinski definition) is 1. The number of imide groups is 1. The van der Waals surface area contributed by atoms with E-state index in [4.69, 9.17) is 55.9 Å². The zero-order valence-electron chi connectivity index (χ0n) is 20.0. The van der Waals surface area contributed by atoms with E-state index < -0.39 is 42.8 Å². The molecule has 0 bridgehead atoms. The first-order chi connectivity index (χ1) is 18.0. The van der Waals surface area contributed by atoms with Crippen molar-refractivity contribution >= 4 is 92.4 Å². The lowest BCUT2D eigenvalue weighted by Gasteiger charge is -2.18. The van der Waals surface area contributed by atoms with Crippen LogP contribution in [0.1, 0.15) is 61.8 Å². The van der Waals surface area contributed by atoms with Crippen LogP contribution in [-0.2, 0) is 31.9 Å². The molecule has 4 rings (SSSR count). The van der Waals surface area contributed by atoms with E-state index in [1.165, 1.54) is 11.3 Å². The molecule has 202 valence electrons. The topological polar surface area (TPSA) is 119 Å². The van der Waals surface area contributed by atoms with Crippen LogP contribution in [-0.4, -0.2) is 54.3 Å². The van der Waals surface area contributed by atoms with Crippen LogP contribution < -0.4 is 5.32 Å². The molecule has 1 aliphatic carbocycles. The number of ether oxygens (including phenoxy) is 2. The minimum absolute atomic E-state index is 0.178. The zero-order chi connectivity index (χ0) is 27.9. The Bertz CT molecular complexity index is 1340. The standard InChI is InChI=1S/C24H20Cl4N2O7S/c1-3-36-24(35)14-10-5-4-9(2)6-11(10)38-21(14)29-12(31)8-37-13(32)7-30-22(33)15-16(23(30)34)18(26)20(28)19(27)17(15)25/h9H,3-8H2,1-2H3,(H,29,31)/t9-/m1/s1. The van der Waals surface area contributed by atoms with E-state index in [2.05, 4.69) is 12.2 Å². The molecule has 2 aliphatic rings. The summed E-state index contributed by atoms with van der Waals surface area (Å²) in [6.45, 7) is 2.46. The van der Waals surface area contributed by atoms with Gasteiger partial charge >= 0.3 is 11.9 Å². The highest BCUT2D eigenvalue weighted by molar-refractivity contribution is 7.17. The summed E-state index contributed by atoms with van der Waals surface area (Å²) in [7, 11) is 0. The average molecular weight is 622 g/mol. The lowest BCUT2D eigenvalue weighted by molar-refractivity contribution is -0.147. The van der Waals surface area contributed by atoms with Gasteiger partial charge in [-0.1, -0.05) is 53.3 Å². The van der Waals surface area contributed by atoms with E-state index in [-0.39, 0.29) is 37.8 Å². The predicted octanol–water partition coefficient (Wildman–Crippen LogP) is 5.44. The average Bonchev–Trinajstić information content (AvgIpc) is 3.34. The van der Waals surface area contributed by atoms with Crippen molar-refractivity contribution in [3.63, 3.8) is 0 Å². The van der Waals surface area contributed by atoms with Crippen LogP contribution in [0.5, 0.6) is 0 Å². The fourth-order valence-electron chi connectivity index (χ4n) is 4.28. The largest absolute Gasteiger partial charge is 0.462 e. The minimum atomic E-state index is -1.04. The molecule has 1 atom stereocenters. The third-order valence-electron chi connectivity index (χ3n) is 6.08. The van der Waals surface area contributed by atoms with Gasteiger partial charge < -0.3 is 14.8 Å². The molecule has 1 N–H and O–H groups in total. The summed E-state index contributed by atoms with van der Waals surface area (Å²) in [4.78, 5) is 64.7. The molecule has 0 saturated heterocycles. The van der Waals surface area contributed by atoms with Crippen LogP contribution in [0.4, 0.5) is 5.00 Å². The summed E-state index contributed by atoms with van der Waals surface area (Å²) in [5.41, 5.74) is 0.630. The quantitative estimate of drug-likeness (QED) is 0.189. The Hall–Kier alpha value is -2.37. The number of thiophene rings is 1. The second-order valence-electron chi connectivity index (χ2n) is 8.69. The second-order valence-corrected chi connectivity index (χ2v) is 11.3. The van der Waals surface area contributed by atoms with Crippen molar-refractivity contribution < 1.29 is 33.4 Å². The number of anilines is 1. The Morgan fingerprint density at radius 1 is 1.00 bits per heavy atom. The summed E-state index contributed by atoms with van der Waals surface area (Å²) in [5.74, 6) is -3.65. The normalized spacial score (nSPS) is 16.3. The monoisotopic (exact) mass is 620 g/mol. The number of carbonyl (C=O) groups is 5. The van der Waals surface area contributed by atoms with Gasteiger partial charge in [0.2, 0.25) is 0 Å². The van der Waals surface area contributed by atoms with Gasteiger partial charge in [-0.2, -0.15) is 0 Å². The smallest absolute Gasteiger partial charge is 0.341 e. The molecule has 2 aromatic rings. The van der Waals surface area contributed by atoms with Crippen molar-refractivity contribution in [2.75, 3.05) is 25.1 Å². The molecule has 1 aromatic heterocycles. The number of halogens is 4. The third kappa shape index (κ3) is 5.24. The summed E-state index contributed by atoms with van der Waals surface area (Å²) in [5, 5.41) is 2.00. The van der Waals surface area contributed by atoms with Gasteiger partial charge in [-0.3, -0.25) is 24.1 Å². The van der Waals surface area contributed by atoms with E-state index in [1.807, 2.05) is 0 Å². The summed E-state index contributed by atoms with van der Waals surface area (Å²) in [6.07, 6.45) is 2.38. The van der Waals surface area contributed by atoms with Crippen LogP contribution in [0.15, 0.2) is 0 Å². The van der Waals surface area contributed by atoms with Crippen LogP contribution >= 0.6 is 57.7 Å². The Morgan fingerprint density at radius 2 is 1.61 bits per heavy atom. The number of hydrogen-bond acceptors (Lipinski definition) is 8. The lowest BCUT2D eigenvalue weighted by atomic mass is 9.88. The number of fused-ring (bicyclic) bond motifs is 2. The Balaban J connectivity index is 1.42. The van der Waals surface area contributed by atoms with Gasteiger partial charge in [0.25, 0.3) is 17.7 Å². The van der Waals surface area contributed by atoms with Crippen molar-refractivity contribution in [2.24, 2.45) is 5.92 Å². The number of nitrogens with zero attached hydrogens (tertiary/aromatic N) is 1. The molecular weight excluding hydrogens is 602 g/mol. The molecule has 9 nitrogen and oxygen atoms in total. The molecule has 0 fully saturated rings. The number of rotatable bonds is 7. The molecule has 0 spiro atoms. The predicted molar refractivity (Wildman–Crippen MR) is 143 cm³/mol. The fourth-order valence-corrected chi connectivity index (χ4v) is 6.71. The van der Waals surface area contributed by atoms with Gasteiger partial charge in [-0.25, -0.2) is 4.79 Å². The number of esters is 2. The maximum absolute atomic E-state index is 12.8. The molecule has 3 amide bonds. The molecule has 1 aliphatic heterocycles. The lowest BCUT2D eigenvalue weighted by Crippen LogP contribution is -2.36. The van der Waals surface area contributed by atoms with Gasteiger partial charge in [0, 0.05) is 4.88 Å². The third-order valence-corrected chi connectivity index (χ3v) is 9.05. The first-order valence-electron chi connectivity index (χ1n) is 11.4. The van der Waals surface area contributed by atoms with Crippen LogP contribution in [0.3, 0.4) is 0 Å². The van der Waals surface area contributed by atoms with Crippen LogP contribution in [0, 0.1) is 5.92 Å². The van der Waals surface area contributed by atoms with E-state index in [9.17, 15) is 24.0 Å². The fraction of sp³-hybridized carbons (Fsp3) is 0.375. The Morgan fingerprint density at radius 3 is 2.18 bits per heavy atom. The van der Waals surface area contributed by atoms with Crippen molar-refractivity contribution in [1.82, 2.24) is 4.90 Å². The zero-order valence-corrected chi connectivity index (χ0v) is 23.9. The van der Waals surface area contributed by atoms with E-state index in [1.54, 1.807) is 6.92 Å². The van der Waals surface area contributed by atoms with Gasteiger partial charge in [0.15, 0.2) is 6.61 Å². The molecule has 2 heterocycles. The highest BCUT2D eigenvalue weighted by Crippen LogP contribution is 2.45. The van der Waals surface area contributed by atoms with Crippen molar-refractivity contribution in [3.8, 4) is 0 Å². The maximum atomic E-state index is 12.8. The molecular formula is C24H20Cl4N2O7S. The minimum Gasteiger partial charge on any atom is -0.462 e. The summed E-state index contributed by atoms with van der Waals surface area (Å²) in [6, 6.07) is 0. The second kappa shape index (κ2) is 11.4. The van der Waals surface area contributed by atoms with Crippen molar-refractivity contribution in [1.29, 1.82) is 0 Å². The summed E-state index contributed by atoms with van der Waals surface area (Å²) >= 11 is 25.4. The van der Waals surface area contributed by atoms with Gasteiger partial charge in [0.05, 0.1) is 43.4 Å².